The Hall–Kier alpha value is -1.98. The molecule has 110 valence electrons. The van der Waals surface area contributed by atoms with Gasteiger partial charge in [-0.25, -0.2) is 4.99 Å². The van der Waals surface area contributed by atoms with Crippen molar-refractivity contribution in [3.05, 3.63) is 24.2 Å². The number of furan rings is 1. The van der Waals surface area contributed by atoms with Crippen LogP contribution in [-0.4, -0.2) is 31.5 Å². The molecule has 20 heavy (non-hydrogen) atoms. The molecule has 1 heterocycles. The minimum atomic E-state index is 0.171. The number of hydrogen-bond acceptors (Lipinski definition) is 3. The number of aliphatic imine (C=N–C) groups is 1. The minimum absolute atomic E-state index is 0.171. The lowest BCUT2D eigenvalue weighted by Crippen LogP contribution is -2.41. The van der Waals surface area contributed by atoms with Gasteiger partial charge in [0.05, 0.1) is 6.26 Å². The monoisotopic (exact) mass is 278 g/mol. The van der Waals surface area contributed by atoms with Gasteiger partial charge in [0.15, 0.2) is 5.96 Å². The highest BCUT2D eigenvalue weighted by atomic mass is 16.3. The molecule has 6 nitrogen and oxygen atoms in total. The molecule has 2 rings (SSSR count). The standard InChI is InChI=1S/C14H22N4O2/c1-2-15-14(18-10-12-4-3-9-20-12)17-8-7-16-13(19)11-5-6-11/h3-4,9,11H,2,5-8,10H2,1H3,(H,16,19)(H2,15,17,18). The second-order valence-corrected chi connectivity index (χ2v) is 4.77. The zero-order valence-electron chi connectivity index (χ0n) is 11.8. The predicted octanol–water partition coefficient (Wildman–Crippen LogP) is 0.861. The van der Waals surface area contributed by atoms with Crippen LogP contribution in [0.3, 0.4) is 0 Å². The number of rotatable bonds is 7. The molecule has 0 bridgehead atoms. The Balaban J connectivity index is 1.68. The summed E-state index contributed by atoms with van der Waals surface area (Å²) in [6, 6.07) is 3.74. The van der Waals surface area contributed by atoms with Crippen molar-refractivity contribution in [2.75, 3.05) is 19.6 Å². The van der Waals surface area contributed by atoms with Gasteiger partial charge in [0.1, 0.15) is 12.3 Å². The van der Waals surface area contributed by atoms with Crippen LogP contribution in [0.15, 0.2) is 27.8 Å². The first-order chi connectivity index (χ1) is 9.79. The summed E-state index contributed by atoms with van der Waals surface area (Å²) in [5.74, 6) is 1.98. The average molecular weight is 278 g/mol. The van der Waals surface area contributed by atoms with E-state index in [1.807, 2.05) is 19.1 Å². The molecule has 6 heteroatoms. The molecule has 0 unspecified atom stereocenters. The zero-order chi connectivity index (χ0) is 14.2. The molecule has 1 aliphatic carbocycles. The number of carbonyl (C=O) groups excluding carboxylic acids is 1. The first-order valence-corrected chi connectivity index (χ1v) is 7.12. The molecule has 1 amide bonds. The second kappa shape index (κ2) is 7.57. The van der Waals surface area contributed by atoms with Gasteiger partial charge in [0.25, 0.3) is 0 Å². The third-order valence-electron chi connectivity index (χ3n) is 2.98. The van der Waals surface area contributed by atoms with Gasteiger partial charge in [0.2, 0.25) is 5.91 Å². The van der Waals surface area contributed by atoms with E-state index in [0.717, 1.165) is 31.1 Å². The lowest BCUT2D eigenvalue weighted by atomic mass is 10.4. The fraction of sp³-hybridized carbons (Fsp3) is 0.571. The van der Waals surface area contributed by atoms with Gasteiger partial charge in [-0.05, 0) is 31.9 Å². The van der Waals surface area contributed by atoms with E-state index >= 15 is 0 Å². The van der Waals surface area contributed by atoms with E-state index in [1.54, 1.807) is 6.26 Å². The number of amides is 1. The van der Waals surface area contributed by atoms with Crippen LogP contribution in [-0.2, 0) is 11.3 Å². The first-order valence-electron chi connectivity index (χ1n) is 7.12. The molecule has 3 N–H and O–H groups in total. The molecule has 1 aliphatic rings. The van der Waals surface area contributed by atoms with E-state index in [1.165, 1.54) is 0 Å². The fourth-order valence-corrected chi connectivity index (χ4v) is 1.76. The van der Waals surface area contributed by atoms with Crippen LogP contribution in [0.25, 0.3) is 0 Å². The maximum atomic E-state index is 11.5. The number of nitrogens with one attached hydrogen (secondary N) is 3. The summed E-state index contributed by atoms with van der Waals surface area (Å²) in [5.41, 5.74) is 0. The fourth-order valence-electron chi connectivity index (χ4n) is 1.76. The van der Waals surface area contributed by atoms with Crippen molar-refractivity contribution < 1.29 is 9.21 Å². The van der Waals surface area contributed by atoms with Crippen LogP contribution < -0.4 is 16.0 Å². The molecule has 0 aliphatic heterocycles. The summed E-state index contributed by atoms with van der Waals surface area (Å²) < 4.78 is 5.23. The summed E-state index contributed by atoms with van der Waals surface area (Å²) in [5, 5.41) is 9.24. The molecule has 1 aromatic rings. The highest BCUT2D eigenvalue weighted by Gasteiger charge is 2.28. The summed E-state index contributed by atoms with van der Waals surface area (Å²) >= 11 is 0. The molecule has 0 radical (unpaired) electrons. The Morgan fingerprint density at radius 1 is 1.35 bits per heavy atom. The van der Waals surface area contributed by atoms with Crippen LogP contribution in [0.2, 0.25) is 0 Å². The maximum absolute atomic E-state index is 11.5. The van der Waals surface area contributed by atoms with E-state index in [-0.39, 0.29) is 11.8 Å². The maximum Gasteiger partial charge on any atom is 0.223 e. The normalized spacial score (nSPS) is 14.9. The van der Waals surface area contributed by atoms with Crippen molar-refractivity contribution in [1.29, 1.82) is 0 Å². The summed E-state index contributed by atoms with van der Waals surface area (Å²) in [7, 11) is 0. The Morgan fingerprint density at radius 2 is 2.15 bits per heavy atom. The lowest BCUT2D eigenvalue weighted by molar-refractivity contribution is -0.122. The second-order valence-electron chi connectivity index (χ2n) is 4.77. The molecule has 0 atom stereocenters. The Bertz CT molecular complexity index is 438. The van der Waals surface area contributed by atoms with Crippen molar-refractivity contribution in [3.63, 3.8) is 0 Å². The topological polar surface area (TPSA) is 78.7 Å². The lowest BCUT2D eigenvalue weighted by Gasteiger charge is -2.11. The Labute approximate surface area is 119 Å². The molecular formula is C14H22N4O2. The minimum Gasteiger partial charge on any atom is -0.467 e. The highest BCUT2D eigenvalue weighted by molar-refractivity contribution is 5.81. The molecule has 1 aromatic heterocycles. The van der Waals surface area contributed by atoms with Crippen LogP contribution in [0.4, 0.5) is 0 Å². The smallest absolute Gasteiger partial charge is 0.223 e. The predicted molar refractivity (Wildman–Crippen MR) is 77.3 cm³/mol. The quantitative estimate of drug-likeness (QED) is 0.393. The van der Waals surface area contributed by atoms with Gasteiger partial charge in [-0.2, -0.15) is 0 Å². The highest BCUT2D eigenvalue weighted by Crippen LogP contribution is 2.28. The molecule has 1 fully saturated rings. The van der Waals surface area contributed by atoms with Crippen molar-refractivity contribution in [1.82, 2.24) is 16.0 Å². The molecule has 0 saturated heterocycles. The number of hydrogen-bond donors (Lipinski definition) is 3. The van der Waals surface area contributed by atoms with Gasteiger partial charge >= 0.3 is 0 Å². The molecule has 0 aromatic carbocycles. The third kappa shape index (κ3) is 4.95. The summed E-state index contributed by atoms with van der Waals surface area (Å²) in [4.78, 5) is 15.9. The van der Waals surface area contributed by atoms with Crippen LogP contribution >= 0.6 is 0 Å². The van der Waals surface area contributed by atoms with Gasteiger partial charge < -0.3 is 20.4 Å². The summed E-state index contributed by atoms with van der Waals surface area (Å²) in [6.45, 7) is 4.57. The van der Waals surface area contributed by atoms with Crippen LogP contribution in [0.1, 0.15) is 25.5 Å². The number of carbonyl (C=O) groups is 1. The molecule has 1 saturated carbocycles. The van der Waals surface area contributed by atoms with E-state index in [4.69, 9.17) is 4.42 Å². The Morgan fingerprint density at radius 3 is 2.80 bits per heavy atom. The van der Waals surface area contributed by atoms with Crippen molar-refractivity contribution in [2.45, 2.75) is 26.3 Å². The van der Waals surface area contributed by atoms with Crippen LogP contribution in [0.5, 0.6) is 0 Å². The van der Waals surface area contributed by atoms with Crippen molar-refractivity contribution >= 4 is 11.9 Å². The van der Waals surface area contributed by atoms with Crippen molar-refractivity contribution in [3.8, 4) is 0 Å². The molecular weight excluding hydrogens is 256 g/mol. The third-order valence-corrected chi connectivity index (χ3v) is 2.98. The SMILES string of the molecule is CCNC(=NCc1ccco1)NCCNC(=O)C1CC1. The van der Waals surface area contributed by atoms with E-state index in [0.29, 0.717) is 19.6 Å². The van der Waals surface area contributed by atoms with Gasteiger partial charge in [0, 0.05) is 25.6 Å². The van der Waals surface area contributed by atoms with Gasteiger partial charge in [-0.1, -0.05) is 0 Å². The van der Waals surface area contributed by atoms with E-state index < -0.39 is 0 Å². The number of nitrogens with zero attached hydrogens (tertiary/aromatic N) is 1. The first kappa shape index (κ1) is 14.4. The number of guanidine groups is 1. The largest absolute Gasteiger partial charge is 0.467 e. The van der Waals surface area contributed by atoms with Crippen LogP contribution in [0, 0.1) is 5.92 Å². The molecule has 0 spiro atoms. The average Bonchev–Trinajstić information content (AvgIpc) is 3.17. The van der Waals surface area contributed by atoms with Gasteiger partial charge in [-0.15, -0.1) is 0 Å². The van der Waals surface area contributed by atoms with Gasteiger partial charge in [-0.3, -0.25) is 4.79 Å². The Kier molecular flexibility index (Phi) is 5.46. The van der Waals surface area contributed by atoms with Crippen molar-refractivity contribution in [2.24, 2.45) is 10.9 Å². The van der Waals surface area contributed by atoms with E-state index in [9.17, 15) is 4.79 Å². The summed E-state index contributed by atoms with van der Waals surface area (Å²) in [6.07, 6.45) is 3.71. The van der Waals surface area contributed by atoms with E-state index in [2.05, 4.69) is 20.9 Å². The zero-order valence-corrected chi connectivity index (χ0v) is 11.8.